The third-order valence-electron chi connectivity index (χ3n) is 0.538. The summed E-state index contributed by atoms with van der Waals surface area (Å²) >= 11 is 0. The number of nitrogens with zero attached hydrogens (tertiary/aromatic N) is 1. The fourth-order valence-corrected chi connectivity index (χ4v) is 0.291. The quantitative estimate of drug-likeness (QED) is 0.298. The average Bonchev–Trinajstić information content (AvgIpc) is 1.87. The van der Waals surface area contributed by atoms with E-state index in [1.54, 1.807) is 0 Å². The van der Waals surface area contributed by atoms with Crippen LogP contribution < -0.4 is 5.32 Å². The van der Waals surface area contributed by atoms with Gasteiger partial charge in [0.05, 0.1) is 0 Å². The fraction of sp³-hybridized carbons (Fsp3) is 0.333. The number of hydrogen-bond acceptors (Lipinski definition) is 3. The Hall–Kier alpha value is -1.06. The Kier molecular flexibility index (Phi) is 0.714. The summed E-state index contributed by atoms with van der Waals surface area (Å²) in [5.41, 5.74) is 0. The Labute approximate surface area is 39.4 Å². The highest BCUT2D eigenvalue weighted by Gasteiger charge is 2.20. The molecule has 0 aromatic rings. The molecule has 1 saturated heterocycles. The standard InChI is InChI=1S/C3H2NO3/c5-2-1-4-3(6)7-2/h1H2. The zero-order valence-electron chi connectivity index (χ0n) is 3.38. The second kappa shape index (κ2) is 1.22. The molecular formula is C3H2NO3. The first-order valence-electron chi connectivity index (χ1n) is 1.71. The lowest BCUT2D eigenvalue weighted by Crippen LogP contribution is -2.02. The highest BCUT2D eigenvalue weighted by molar-refractivity contribution is 5.92. The van der Waals surface area contributed by atoms with Gasteiger partial charge in [0.1, 0.15) is 6.54 Å². The first-order valence-corrected chi connectivity index (χ1v) is 1.71. The van der Waals surface area contributed by atoms with Crippen molar-refractivity contribution in [3.05, 3.63) is 0 Å². The number of esters is 1. The topological polar surface area (TPSA) is 57.5 Å². The zero-order valence-corrected chi connectivity index (χ0v) is 3.38. The summed E-state index contributed by atoms with van der Waals surface area (Å²) < 4.78 is 3.92. The van der Waals surface area contributed by atoms with Gasteiger partial charge in [0.25, 0.3) is 0 Å². The largest absolute Gasteiger partial charge is 0.437 e. The van der Waals surface area contributed by atoms with Crippen LogP contribution in [0, 0.1) is 0 Å². The van der Waals surface area contributed by atoms with E-state index in [0.717, 1.165) is 0 Å². The van der Waals surface area contributed by atoms with Crippen molar-refractivity contribution in [2.24, 2.45) is 0 Å². The van der Waals surface area contributed by atoms with E-state index in [1.807, 2.05) is 0 Å². The van der Waals surface area contributed by atoms with Gasteiger partial charge in [-0.15, -0.1) is 0 Å². The van der Waals surface area contributed by atoms with Crippen LogP contribution in [0.25, 0.3) is 0 Å². The lowest BCUT2D eigenvalue weighted by atomic mass is 10.7. The molecule has 37 valence electrons. The van der Waals surface area contributed by atoms with E-state index in [-0.39, 0.29) is 6.54 Å². The third kappa shape index (κ3) is 0.677. The maximum atomic E-state index is 9.92. The average molecular weight is 100 g/mol. The molecule has 0 aromatic heterocycles. The molecule has 0 unspecified atom stereocenters. The molecule has 7 heavy (non-hydrogen) atoms. The monoisotopic (exact) mass is 100 g/mol. The van der Waals surface area contributed by atoms with Crippen molar-refractivity contribution in [1.82, 2.24) is 5.32 Å². The van der Waals surface area contributed by atoms with E-state index in [9.17, 15) is 9.59 Å². The van der Waals surface area contributed by atoms with Crippen LogP contribution in [0.2, 0.25) is 0 Å². The van der Waals surface area contributed by atoms with Crippen LogP contribution in [0.3, 0.4) is 0 Å². The maximum absolute atomic E-state index is 9.92. The van der Waals surface area contributed by atoms with E-state index in [4.69, 9.17) is 0 Å². The molecule has 0 aliphatic carbocycles. The lowest BCUT2D eigenvalue weighted by Gasteiger charge is -1.76. The van der Waals surface area contributed by atoms with Crippen molar-refractivity contribution >= 4 is 12.1 Å². The summed E-state index contributed by atoms with van der Waals surface area (Å²) in [6, 6.07) is 0. The van der Waals surface area contributed by atoms with Crippen LogP contribution in [-0.2, 0) is 9.53 Å². The summed E-state index contributed by atoms with van der Waals surface area (Å²) in [5, 5.41) is 3.11. The summed E-state index contributed by atoms with van der Waals surface area (Å²) in [7, 11) is 0. The zero-order chi connectivity index (χ0) is 5.28. The summed E-state index contributed by atoms with van der Waals surface area (Å²) in [4.78, 5) is 19.8. The maximum Gasteiger partial charge on any atom is 0.437 e. The van der Waals surface area contributed by atoms with Gasteiger partial charge in [0, 0.05) is 0 Å². The van der Waals surface area contributed by atoms with Crippen molar-refractivity contribution in [2.45, 2.75) is 0 Å². The van der Waals surface area contributed by atoms with Crippen molar-refractivity contribution in [3.8, 4) is 0 Å². The molecule has 0 atom stereocenters. The first kappa shape index (κ1) is 4.11. The number of cyclic esters (lactones) is 2. The van der Waals surface area contributed by atoms with Gasteiger partial charge in [-0.2, -0.15) is 0 Å². The van der Waals surface area contributed by atoms with Gasteiger partial charge >= 0.3 is 12.1 Å². The van der Waals surface area contributed by atoms with Crippen molar-refractivity contribution in [3.63, 3.8) is 0 Å². The molecule has 0 saturated carbocycles. The Balaban J connectivity index is 2.55. The second-order valence-corrected chi connectivity index (χ2v) is 1.06. The number of amides is 1. The highest BCUT2D eigenvalue weighted by Crippen LogP contribution is 1.88. The molecule has 0 bridgehead atoms. The predicted octanol–water partition coefficient (Wildman–Crippen LogP) is -0.732. The summed E-state index contributed by atoms with van der Waals surface area (Å²) in [6.45, 7) is -0.112. The molecule has 0 aromatic carbocycles. The van der Waals surface area contributed by atoms with E-state index in [0.29, 0.717) is 0 Å². The first-order chi connectivity index (χ1) is 3.29. The van der Waals surface area contributed by atoms with E-state index >= 15 is 0 Å². The molecule has 1 aliphatic rings. The number of hydrogen-bond donors (Lipinski definition) is 0. The molecule has 0 N–H and O–H groups in total. The fourth-order valence-electron chi connectivity index (χ4n) is 0.291. The Morgan fingerprint density at radius 2 is 2.29 bits per heavy atom. The molecule has 1 rings (SSSR count). The summed E-state index contributed by atoms with van der Waals surface area (Å²) in [6.07, 6.45) is -0.773. The van der Waals surface area contributed by atoms with Crippen LogP contribution in [0.15, 0.2) is 0 Å². The molecule has 1 amide bonds. The van der Waals surface area contributed by atoms with Crippen molar-refractivity contribution in [1.29, 1.82) is 0 Å². The SMILES string of the molecule is O=C1C[N]C(=O)O1. The Morgan fingerprint density at radius 3 is 2.43 bits per heavy atom. The van der Waals surface area contributed by atoms with Gasteiger partial charge in [0.2, 0.25) is 0 Å². The third-order valence-corrected chi connectivity index (χ3v) is 0.538. The second-order valence-electron chi connectivity index (χ2n) is 1.06. The van der Waals surface area contributed by atoms with E-state index in [2.05, 4.69) is 10.1 Å². The van der Waals surface area contributed by atoms with Gasteiger partial charge in [-0.05, 0) is 0 Å². The number of ether oxygens (including phenoxy) is 1. The highest BCUT2D eigenvalue weighted by atomic mass is 16.6. The minimum absolute atomic E-state index is 0.112. The smallest absolute Gasteiger partial charge is 0.373 e. The van der Waals surface area contributed by atoms with Gasteiger partial charge < -0.3 is 4.74 Å². The molecule has 1 aliphatic heterocycles. The van der Waals surface area contributed by atoms with Gasteiger partial charge in [-0.25, -0.2) is 14.9 Å². The molecule has 1 radical (unpaired) electrons. The molecule has 1 heterocycles. The minimum atomic E-state index is -0.773. The minimum Gasteiger partial charge on any atom is -0.373 e. The van der Waals surface area contributed by atoms with Gasteiger partial charge in [-0.3, -0.25) is 0 Å². The molecule has 0 spiro atoms. The van der Waals surface area contributed by atoms with Crippen LogP contribution in [0.5, 0.6) is 0 Å². The van der Waals surface area contributed by atoms with Gasteiger partial charge in [0.15, 0.2) is 0 Å². The molecule has 1 fully saturated rings. The molecule has 4 heteroatoms. The van der Waals surface area contributed by atoms with Crippen LogP contribution >= 0.6 is 0 Å². The number of rotatable bonds is 0. The van der Waals surface area contributed by atoms with Crippen molar-refractivity contribution in [2.75, 3.05) is 6.54 Å². The molecule has 4 nitrogen and oxygen atoms in total. The van der Waals surface area contributed by atoms with Gasteiger partial charge in [-0.1, -0.05) is 0 Å². The Bertz CT molecular complexity index is 105. The van der Waals surface area contributed by atoms with Crippen molar-refractivity contribution < 1.29 is 14.3 Å². The molecular weight excluding hydrogens is 98.0 g/mol. The van der Waals surface area contributed by atoms with E-state index in [1.165, 1.54) is 0 Å². The summed E-state index contributed by atoms with van der Waals surface area (Å²) in [5.74, 6) is -0.565. The number of carbonyl (C=O) groups excluding carboxylic acids is 2. The number of carbonyl (C=O) groups is 2. The van der Waals surface area contributed by atoms with Crippen LogP contribution in [-0.4, -0.2) is 18.6 Å². The Morgan fingerprint density at radius 1 is 1.57 bits per heavy atom. The predicted molar refractivity (Wildman–Crippen MR) is 18.5 cm³/mol. The normalized spacial score (nSPS) is 18.9. The lowest BCUT2D eigenvalue weighted by molar-refractivity contribution is -0.132. The van der Waals surface area contributed by atoms with E-state index < -0.39 is 12.1 Å². The van der Waals surface area contributed by atoms with Crippen LogP contribution in [0.1, 0.15) is 0 Å². The van der Waals surface area contributed by atoms with Crippen LogP contribution in [0.4, 0.5) is 4.79 Å².